The topological polar surface area (TPSA) is 150 Å². The van der Waals surface area contributed by atoms with Gasteiger partial charge in [0.2, 0.25) is 0 Å². The van der Waals surface area contributed by atoms with Crippen molar-refractivity contribution in [2.24, 2.45) is 0 Å². The highest BCUT2D eigenvalue weighted by atomic mass is 16.6. The molecule has 2 atom stereocenters. The second-order valence-corrected chi connectivity index (χ2v) is 3.04. The van der Waals surface area contributed by atoms with Crippen LogP contribution in [0.5, 0.6) is 0 Å². The minimum absolute atomic E-state index is 0.137. The first-order chi connectivity index (χ1) is 7.34. The van der Waals surface area contributed by atoms with Crippen LogP contribution in [-0.2, 0) is 4.79 Å². The molecule has 0 aliphatic rings. The monoisotopic (exact) mass is 231 g/mol. The summed E-state index contributed by atoms with van der Waals surface area (Å²) in [5.41, 5.74) is -0.502. The number of hydrogen-bond acceptors (Lipinski definition) is 6. The van der Waals surface area contributed by atoms with Crippen LogP contribution in [0.3, 0.4) is 0 Å². The zero-order valence-electron chi connectivity index (χ0n) is 8.12. The molecule has 1 aromatic rings. The van der Waals surface area contributed by atoms with Crippen LogP contribution in [0.1, 0.15) is 17.6 Å². The van der Waals surface area contributed by atoms with Gasteiger partial charge < -0.3 is 25.4 Å². The lowest BCUT2D eigenvalue weighted by Gasteiger charge is -2.10. The normalized spacial score (nSPS) is 14.4. The Hall–Kier alpha value is -2.00. The third-order valence-electron chi connectivity index (χ3n) is 1.84. The standard InChI is InChI=1S/C7H9N3O6/c1-2-8-3(6(9-2)10(15)16)4(11)5(12)7(13)14/h4-5,11-12H,1H3,(H,8,9)(H,13,14). The van der Waals surface area contributed by atoms with Crippen molar-refractivity contribution in [3.8, 4) is 0 Å². The number of aliphatic carboxylic acids is 1. The Morgan fingerprint density at radius 3 is 2.56 bits per heavy atom. The Morgan fingerprint density at radius 1 is 1.56 bits per heavy atom. The lowest BCUT2D eigenvalue weighted by Crippen LogP contribution is -2.28. The van der Waals surface area contributed by atoms with Gasteiger partial charge in [0, 0.05) is 6.92 Å². The molecule has 16 heavy (non-hydrogen) atoms. The van der Waals surface area contributed by atoms with Gasteiger partial charge in [0.05, 0.1) is 0 Å². The summed E-state index contributed by atoms with van der Waals surface area (Å²) in [5.74, 6) is -2.19. The first-order valence-corrected chi connectivity index (χ1v) is 4.14. The van der Waals surface area contributed by atoms with Gasteiger partial charge in [-0.05, 0) is 4.92 Å². The van der Waals surface area contributed by atoms with E-state index in [9.17, 15) is 20.0 Å². The number of imidazole rings is 1. The maximum Gasteiger partial charge on any atom is 0.346 e. The highest BCUT2D eigenvalue weighted by Gasteiger charge is 2.33. The highest BCUT2D eigenvalue weighted by molar-refractivity contribution is 5.73. The van der Waals surface area contributed by atoms with Crippen LogP contribution in [0.2, 0.25) is 0 Å². The number of rotatable bonds is 4. The zero-order chi connectivity index (χ0) is 12.5. The number of hydrogen-bond donors (Lipinski definition) is 4. The SMILES string of the molecule is Cc1nc(C(O)C(O)C(=O)O)c([N+](=O)[O-])[nH]1. The molecular weight excluding hydrogens is 222 g/mol. The number of nitrogens with one attached hydrogen (secondary N) is 1. The molecule has 9 heteroatoms. The van der Waals surface area contributed by atoms with E-state index < -0.39 is 34.6 Å². The van der Waals surface area contributed by atoms with Gasteiger partial charge in [0.25, 0.3) is 0 Å². The van der Waals surface area contributed by atoms with Gasteiger partial charge in [-0.3, -0.25) is 0 Å². The number of carboxylic acids is 1. The van der Waals surface area contributed by atoms with Gasteiger partial charge in [-0.1, -0.05) is 0 Å². The summed E-state index contributed by atoms with van der Waals surface area (Å²) in [6.45, 7) is 1.40. The number of H-pyrrole nitrogens is 1. The van der Waals surface area contributed by atoms with Crippen molar-refractivity contribution in [3.63, 3.8) is 0 Å². The molecular formula is C7H9N3O6. The van der Waals surface area contributed by atoms with Gasteiger partial charge in [-0.2, -0.15) is 0 Å². The molecule has 0 bridgehead atoms. The van der Waals surface area contributed by atoms with Crippen LogP contribution < -0.4 is 0 Å². The van der Waals surface area contributed by atoms with Crippen molar-refractivity contribution in [1.29, 1.82) is 0 Å². The number of aromatic amines is 1. The molecule has 0 saturated carbocycles. The third-order valence-corrected chi connectivity index (χ3v) is 1.84. The summed E-state index contributed by atoms with van der Waals surface area (Å²) in [6, 6.07) is 0. The van der Waals surface area contributed by atoms with Crippen molar-refractivity contribution in [1.82, 2.24) is 9.97 Å². The minimum Gasteiger partial charge on any atom is -0.479 e. The fourth-order valence-corrected chi connectivity index (χ4v) is 1.13. The quantitative estimate of drug-likeness (QED) is 0.387. The molecule has 9 nitrogen and oxygen atoms in total. The van der Waals surface area contributed by atoms with Gasteiger partial charge in [-0.15, -0.1) is 0 Å². The lowest BCUT2D eigenvalue weighted by molar-refractivity contribution is -0.390. The highest BCUT2D eigenvalue weighted by Crippen LogP contribution is 2.24. The van der Waals surface area contributed by atoms with Crippen LogP contribution in [0.15, 0.2) is 0 Å². The number of carboxylic acid groups (broad SMARTS) is 1. The summed E-state index contributed by atoms with van der Waals surface area (Å²) in [4.78, 5) is 25.9. The molecule has 2 unspecified atom stereocenters. The Balaban J connectivity index is 3.12. The van der Waals surface area contributed by atoms with Gasteiger partial charge in [-0.25, -0.2) is 14.8 Å². The number of nitrogens with zero attached hydrogens (tertiary/aromatic N) is 2. The fraction of sp³-hybridized carbons (Fsp3) is 0.429. The Morgan fingerprint density at radius 2 is 2.12 bits per heavy atom. The largest absolute Gasteiger partial charge is 0.479 e. The molecule has 4 N–H and O–H groups in total. The molecule has 0 amide bonds. The number of aryl methyl sites for hydroxylation is 1. The summed E-state index contributed by atoms with van der Waals surface area (Å²) in [7, 11) is 0. The smallest absolute Gasteiger partial charge is 0.346 e. The second kappa shape index (κ2) is 4.24. The predicted molar refractivity (Wildman–Crippen MR) is 48.6 cm³/mol. The lowest BCUT2D eigenvalue weighted by atomic mass is 10.1. The number of nitro groups is 1. The molecule has 0 aliphatic carbocycles. The van der Waals surface area contributed by atoms with Crippen LogP contribution >= 0.6 is 0 Å². The molecule has 1 rings (SSSR count). The van der Waals surface area contributed by atoms with Crippen LogP contribution in [0, 0.1) is 17.0 Å². The van der Waals surface area contributed by atoms with E-state index in [1.165, 1.54) is 6.92 Å². The number of aliphatic hydroxyl groups excluding tert-OH is 2. The predicted octanol–water partition coefficient (Wildman–Crippen LogP) is -0.895. The average molecular weight is 231 g/mol. The average Bonchev–Trinajstić information content (AvgIpc) is 2.58. The number of carbonyl (C=O) groups is 1. The van der Waals surface area contributed by atoms with E-state index in [1.54, 1.807) is 0 Å². The molecule has 1 aromatic heterocycles. The maximum atomic E-state index is 10.5. The summed E-state index contributed by atoms with van der Waals surface area (Å²) < 4.78 is 0. The van der Waals surface area contributed by atoms with Gasteiger partial charge >= 0.3 is 11.8 Å². The summed E-state index contributed by atoms with van der Waals surface area (Å²) >= 11 is 0. The molecule has 0 radical (unpaired) electrons. The zero-order valence-corrected chi connectivity index (χ0v) is 8.12. The van der Waals surface area contributed by atoms with Crippen molar-refractivity contribution < 1.29 is 25.0 Å². The molecule has 0 aliphatic heterocycles. The molecule has 88 valence electrons. The van der Waals surface area contributed by atoms with Gasteiger partial charge in [0.1, 0.15) is 6.10 Å². The van der Waals surface area contributed by atoms with Crippen molar-refractivity contribution in [2.45, 2.75) is 19.1 Å². The first-order valence-electron chi connectivity index (χ1n) is 4.14. The summed E-state index contributed by atoms with van der Waals surface area (Å²) in [6.07, 6.45) is -4.12. The van der Waals surface area contributed by atoms with Crippen LogP contribution in [-0.4, -0.2) is 42.3 Å². The van der Waals surface area contributed by atoms with Crippen molar-refractivity contribution in [2.75, 3.05) is 0 Å². The molecule has 0 spiro atoms. The maximum absolute atomic E-state index is 10.5. The van der Waals surface area contributed by atoms with Crippen molar-refractivity contribution in [3.05, 3.63) is 21.6 Å². The fourth-order valence-electron chi connectivity index (χ4n) is 1.13. The Labute approximate surface area is 88.5 Å². The van der Waals surface area contributed by atoms with E-state index in [2.05, 4.69) is 9.97 Å². The number of aliphatic hydroxyl groups is 2. The molecule has 0 saturated heterocycles. The summed E-state index contributed by atoms with van der Waals surface area (Å²) in [5, 5.41) is 37.4. The molecule has 0 fully saturated rings. The Kier molecular flexibility index (Phi) is 3.20. The van der Waals surface area contributed by atoms with Gasteiger partial charge in [0.15, 0.2) is 17.6 Å². The Bertz CT molecular complexity index is 428. The number of aromatic nitrogens is 2. The third kappa shape index (κ3) is 2.15. The van der Waals surface area contributed by atoms with E-state index in [4.69, 9.17) is 10.2 Å². The van der Waals surface area contributed by atoms with E-state index in [0.717, 1.165) is 0 Å². The molecule has 0 aromatic carbocycles. The van der Waals surface area contributed by atoms with E-state index in [1.807, 2.05) is 0 Å². The first kappa shape index (κ1) is 12.1. The molecule has 1 heterocycles. The van der Waals surface area contributed by atoms with Crippen LogP contribution in [0.4, 0.5) is 5.82 Å². The van der Waals surface area contributed by atoms with E-state index in [-0.39, 0.29) is 5.82 Å². The van der Waals surface area contributed by atoms with E-state index >= 15 is 0 Å². The van der Waals surface area contributed by atoms with Crippen LogP contribution in [0.25, 0.3) is 0 Å². The van der Waals surface area contributed by atoms with E-state index in [0.29, 0.717) is 0 Å². The second-order valence-electron chi connectivity index (χ2n) is 3.04. The van der Waals surface area contributed by atoms with Crippen molar-refractivity contribution >= 4 is 11.8 Å². The minimum atomic E-state index is -2.17.